The third kappa shape index (κ3) is 10.1. The molecule has 122 valence electrons. The lowest BCUT2D eigenvalue weighted by Gasteiger charge is -2.14. The van der Waals surface area contributed by atoms with Crippen molar-refractivity contribution in [1.29, 1.82) is 0 Å². The zero-order chi connectivity index (χ0) is 16.7. The summed E-state index contributed by atoms with van der Waals surface area (Å²) in [5.41, 5.74) is 1.29. The minimum Gasteiger partial charge on any atom is -0.342 e. The molecular weight excluding hydrogens is 260 g/mol. The molecule has 1 atom stereocenters. The van der Waals surface area contributed by atoms with Crippen molar-refractivity contribution in [2.45, 2.75) is 40.5 Å². The molecule has 1 rings (SSSR count). The van der Waals surface area contributed by atoms with Gasteiger partial charge in [-0.05, 0) is 32.5 Å². The molecule has 0 saturated carbocycles. The molecule has 1 amide bonds. The molecule has 1 unspecified atom stereocenters. The number of allylic oxidation sites excluding steroid dienone is 4. The van der Waals surface area contributed by atoms with Gasteiger partial charge in [0.05, 0.1) is 0 Å². The van der Waals surface area contributed by atoms with E-state index in [0.717, 1.165) is 25.9 Å². The van der Waals surface area contributed by atoms with Crippen molar-refractivity contribution in [3.8, 4) is 0 Å². The minimum absolute atomic E-state index is 0.180. The Kier molecular flexibility index (Phi) is 15.7. The highest BCUT2D eigenvalue weighted by molar-refractivity contribution is 5.73. The summed E-state index contributed by atoms with van der Waals surface area (Å²) in [5, 5.41) is 2.75. The molecule has 1 aliphatic heterocycles. The van der Waals surface area contributed by atoms with Crippen molar-refractivity contribution in [3.63, 3.8) is 0 Å². The second-order valence-corrected chi connectivity index (χ2v) is 4.66. The first-order chi connectivity index (χ1) is 10.1. The SMILES string of the molecule is C=C/C=C(\C=C/CC)C1CCN(C(C)=O)C1.CC.CNC. The van der Waals surface area contributed by atoms with Gasteiger partial charge in [-0.25, -0.2) is 0 Å². The van der Waals surface area contributed by atoms with Crippen LogP contribution in [-0.4, -0.2) is 38.0 Å². The van der Waals surface area contributed by atoms with Crippen LogP contribution in [0.15, 0.2) is 36.5 Å². The molecule has 1 fully saturated rings. The highest BCUT2D eigenvalue weighted by atomic mass is 16.2. The Hall–Kier alpha value is -1.35. The largest absolute Gasteiger partial charge is 0.342 e. The number of nitrogens with zero attached hydrogens (tertiary/aromatic N) is 1. The molecule has 21 heavy (non-hydrogen) atoms. The van der Waals surface area contributed by atoms with Gasteiger partial charge in [-0.2, -0.15) is 0 Å². The summed E-state index contributed by atoms with van der Waals surface area (Å²) in [4.78, 5) is 13.2. The number of carbonyl (C=O) groups excluding carboxylic acids is 1. The van der Waals surface area contributed by atoms with Crippen LogP contribution in [0.1, 0.15) is 40.5 Å². The Morgan fingerprint density at radius 2 is 1.95 bits per heavy atom. The molecule has 0 aromatic rings. The van der Waals surface area contributed by atoms with Crippen LogP contribution in [0.25, 0.3) is 0 Å². The fourth-order valence-electron chi connectivity index (χ4n) is 2.04. The molecular formula is C18H34N2O. The summed E-state index contributed by atoms with van der Waals surface area (Å²) in [6.45, 7) is 13.2. The fourth-order valence-corrected chi connectivity index (χ4v) is 2.04. The Balaban J connectivity index is 0. The monoisotopic (exact) mass is 294 g/mol. The predicted molar refractivity (Wildman–Crippen MR) is 94.4 cm³/mol. The van der Waals surface area contributed by atoms with Gasteiger partial charge in [0.1, 0.15) is 0 Å². The molecule has 0 aromatic carbocycles. The van der Waals surface area contributed by atoms with Gasteiger partial charge in [0.25, 0.3) is 0 Å². The van der Waals surface area contributed by atoms with E-state index in [2.05, 4.69) is 37.0 Å². The molecule has 1 N–H and O–H groups in total. The fraction of sp³-hybridized carbons (Fsp3) is 0.611. The molecule has 1 heterocycles. The van der Waals surface area contributed by atoms with E-state index in [-0.39, 0.29) is 5.91 Å². The van der Waals surface area contributed by atoms with Crippen molar-refractivity contribution in [3.05, 3.63) is 36.5 Å². The molecule has 3 nitrogen and oxygen atoms in total. The van der Waals surface area contributed by atoms with E-state index in [1.165, 1.54) is 5.57 Å². The molecule has 0 aromatic heterocycles. The number of rotatable bonds is 4. The van der Waals surface area contributed by atoms with Crippen LogP contribution in [0.3, 0.4) is 0 Å². The van der Waals surface area contributed by atoms with Crippen molar-refractivity contribution in [1.82, 2.24) is 10.2 Å². The first-order valence-electron chi connectivity index (χ1n) is 7.93. The van der Waals surface area contributed by atoms with Gasteiger partial charge in [-0.15, -0.1) is 0 Å². The maximum Gasteiger partial charge on any atom is 0.219 e. The number of carbonyl (C=O) groups is 1. The van der Waals surface area contributed by atoms with Gasteiger partial charge in [0.2, 0.25) is 5.91 Å². The van der Waals surface area contributed by atoms with Gasteiger partial charge in [-0.3, -0.25) is 4.79 Å². The molecule has 0 spiro atoms. The van der Waals surface area contributed by atoms with E-state index in [1.54, 1.807) is 6.92 Å². The standard InChI is InChI=1S/C14H21NO.C2H7N.C2H6/c1-4-6-8-13(7-5-2)14-9-10-15(11-14)12(3)16;1-3-2;1-2/h5-8,14H,2,4,9-11H2,1,3H3;3H,1-2H3;1-2H3/b8-6-,13-7+;;. The molecule has 0 radical (unpaired) electrons. The summed E-state index contributed by atoms with van der Waals surface area (Å²) in [6.07, 6.45) is 10.3. The second-order valence-electron chi connectivity index (χ2n) is 4.66. The number of nitrogens with one attached hydrogen (secondary N) is 1. The smallest absolute Gasteiger partial charge is 0.219 e. The number of hydrogen-bond donors (Lipinski definition) is 1. The minimum atomic E-state index is 0.180. The van der Waals surface area contributed by atoms with E-state index in [0.29, 0.717) is 5.92 Å². The Labute approximate surface area is 131 Å². The zero-order valence-corrected chi connectivity index (χ0v) is 14.8. The average Bonchev–Trinajstić information content (AvgIpc) is 2.96. The lowest BCUT2D eigenvalue weighted by Crippen LogP contribution is -2.25. The Morgan fingerprint density at radius 1 is 1.38 bits per heavy atom. The van der Waals surface area contributed by atoms with E-state index in [4.69, 9.17) is 0 Å². The molecule has 0 bridgehead atoms. The van der Waals surface area contributed by atoms with E-state index >= 15 is 0 Å². The van der Waals surface area contributed by atoms with Crippen LogP contribution in [0.5, 0.6) is 0 Å². The number of hydrogen-bond acceptors (Lipinski definition) is 2. The van der Waals surface area contributed by atoms with Crippen LogP contribution >= 0.6 is 0 Å². The molecule has 3 heteroatoms. The third-order valence-corrected chi connectivity index (χ3v) is 2.96. The van der Waals surface area contributed by atoms with E-state index in [9.17, 15) is 4.79 Å². The Morgan fingerprint density at radius 3 is 2.33 bits per heavy atom. The van der Waals surface area contributed by atoms with Crippen molar-refractivity contribution < 1.29 is 4.79 Å². The van der Waals surface area contributed by atoms with Crippen LogP contribution in [0.4, 0.5) is 0 Å². The predicted octanol–water partition coefficient (Wildman–Crippen LogP) is 3.80. The van der Waals surface area contributed by atoms with Gasteiger partial charge < -0.3 is 10.2 Å². The second kappa shape index (κ2) is 15.0. The molecule has 1 aliphatic rings. The average molecular weight is 294 g/mol. The van der Waals surface area contributed by atoms with Crippen LogP contribution in [-0.2, 0) is 4.79 Å². The molecule has 0 aliphatic carbocycles. The zero-order valence-electron chi connectivity index (χ0n) is 14.8. The first-order valence-corrected chi connectivity index (χ1v) is 7.93. The van der Waals surface area contributed by atoms with Gasteiger partial charge in [0, 0.05) is 25.9 Å². The van der Waals surface area contributed by atoms with Crippen molar-refractivity contribution in [2.75, 3.05) is 27.2 Å². The Bertz CT molecular complexity index is 332. The summed E-state index contributed by atoms with van der Waals surface area (Å²) in [5.74, 6) is 0.657. The topological polar surface area (TPSA) is 32.3 Å². The van der Waals surface area contributed by atoms with Gasteiger partial charge >= 0.3 is 0 Å². The molecule has 1 saturated heterocycles. The van der Waals surface area contributed by atoms with Crippen LogP contribution < -0.4 is 5.32 Å². The lowest BCUT2D eigenvalue weighted by molar-refractivity contribution is -0.127. The summed E-state index contributed by atoms with van der Waals surface area (Å²) in [7, 11) is 3.75. The van der Waals surface area contributed by atoms with Crippen molar-refractivity contribution >= 4 is 5.91 Å². The highest BCUT2D eigenvalue weighted by Gasteiger charge is 2.25. The first kappa shape index (κ1) is 21.9. The summed E-state index contributed by atoms with van der Waals surface area (Å²) in [6, 6.07) is 0. The number of likely N-dealkylation sites (tertiary alicyclic amines) is 1. The summed E-state index contributed by atoms with van der Waals surface area (Å²) < 4.78 is 0. The maximum atomic E-state index is 11.3. The normalized spacial score (nSPS) is 17.7. The van der Waals surface area contributed by atoms with E-state index < -0.39 is 0 Å². The quantitative estimate of drug-likeness (QED) is 0.800. The van der Waals surface area contributed by atoms with Crippen LogP contribution in [0, 0.1) is 5.92 Å². The van der Waals surface area contributed by atoms with Crippen molar-refractivity contribution in [2.24, 2.45) is 5.92 Å². The number of amides is 1. The highest BCUT2D eigenvalue weighted by Crippen LogP contribution is 2.25. The van der Waals surface area contributed by atoms with E-state index in [1.807, 2.05) is 38.9 Å². The summed E-state index contributed by atoms with van der Waals surface area (Å²) >= 11 is 0. The van der Waals surface area contributed by atoms with Gasteiger partial charge in [0.15, 0.2) is 0 Å². The van der Waals surface area contributed by atoms with Crippen LogP contribution in [0.2, 0.25) is 0 Å². The maximum absolute atomic E-state index is 11.3. The third-order valence-electron chi connectivity index (χ3n) is 2.96. The lowest BCUT2D eigenvalue weighted by atomic mass is 9.97. The van der Waals surface area contributed by atoms with Gasteiger partial charge in [-0.1, -0.05) is 51.7 Å².